The zero-order valence-corrected chi connectivity index (χ0v) is 17.0. The van der Waals surface area contributed by atoms with Gasteiger partial charge in [-0.25, -0.2) is 9.78 Å². The Kier molecular flexibility index (Phi) is 6.12. The summed E-state index contributed by atoms with van der Waals surface area (Å²) in [6.07, 6.45) is 1.75. The molecule has 2 aromatic carbocycles. The van der Waals surface area contributed by atoms with Gasteiger partial charge in [-0.05, 0) is 47.5 Å². The number of amides is 1. The van der Waals surface area contributed by atoms with Crippen molar-refractivity contribution in [1.82, 2.24) is 9.88 Å². The molecular formula is C24H23N3O4. The maximum atomic E-state index is 12.4. The van der Waals surface area contributed by atoms with Gasteiger partial charge in [0.25, 0.3) is 5.91 Å². The second-order valence-electron chi connectivity index (χ2n) is 7.26. The summed E-state index contributed by atoms with van der Waals surface area (Å²) in [6, 6.07) is 19.5. The second-order valence-corrected chi connectivity index (χ2v) is 7.26. The van der Waals surface area contributed by atoms with Crippen LogP contribution in [0.3, 0.4) is 0 Å². The first-order chi connectivity index (χ1) is 15.1. The van der Waals surface area contributed by atoms with Gasteiger partial charge in [-0.1, -0.05) is 30.3 Å². The van der Waals surface area contributed by atoms with Crippen molar-refractivity contribution in [1.29, 1.82) is 0 Å². The number of nitrogens with zero attached hydrogens (tertiary/aromatic N) is 3. The van der Waals surface area contributed by atoms with Crippen molar-refractivity contribution in [3.8, 4) is 16.9 Å². The lowest BCUT2D eigenvalue weighted by Gasteiger charge is -2.35. The number of hydrogen-bond donors (Lipinski definition) is 1. The molecule has 1 aliphatic heterocycles. The van der Waals surface area contributed by atoms with Crippen molar-refractivity contribution in [3.63, 3.8) is 0 Å². The topological polar surface area (TPSA) is 83.0 Å². The van der Waals surface area contributed by atoms with Crippen LogP contribution < -0.4 is 4.90 Å². The predicted octanol–water partition coefficient (Wildman–Crippen LogP) is 2.96. The summed E-state index contributed by atoms with van der Waals surface area (Å²) < 4.78 is 5.23. The molecule has 1 N–H and O–H groups in total. The van der Waals surface area contributed by atoms with Crippen LogP contribution in [0.1, 0.15) is 10.4 Å². The first-order valence-corrected chi connectivity index (χ1v) is 10.1. The summed E-state index contributed by atoms with van der Waals surface area (Å²) >= 11 is 0. The smallest absolute Gasteiger partial charge is 0.338 e. The minimum absolute atomic E-state index is 0.199. The van der Waals surface area contributed by atoms with Gasteiger partial charge >= 0.3 is 5.97 Å². The molecule has 1 aromatic heterocycles. The molecule has 4 rings (SSSR count). The number of aromatic nitrogens is 1. The zero-order chi connectivity index (χ0) is 21.6. The number of piperazine rings is 1. The number of phenolic OH excluding ortho intramolecular Hbond substituents is 1. The van der Waals surface area contributed by atoms with Crippen LogP contribution in [0.5, 0.6) is 5.75 Å². The first-order valence-electron chi connectivity index (χ1n) is 10.1. The number of carbonyl (C=O) groups excluding carboxylic acids is 2. The van der Waals surface area contributed by atoms with E-state index in [4.69, 9.17) is 4.74 Å². The number of esters is 1. The molecule has 158 valence electrons. The summed E-state index contributed by atoms with van der Waals surface area (Å²) in [6.45, 7) is 2.23. The molecule has 3 aromatic rings. The van der Waals surface area contributed by atoms with Crippen LogP contribution in [0, 0.1) is 0 Å². The fourth-order valence-corrected chi connectivity index (χ4v) is 3.48. The monoisotopic (exact) mass is 417 g/mol. The molecule has 0 aliphatic carbocycles. The summed E-state index contributed by atoms with van der Waals surface area (Å²) in [7, 11) is 0. The van der Waals surface area contributed by atoms with Crippen molar-refractivity contribution in [2.45, 2.75) is 0 Å². The third-order valence-electron chi connectivity index (χ3n) is 5.25. The number of ether oxygens (including phenoxy) is 1. The van der Waals surface area contributed by atoms with Crippen LogP contribution in [0.2, 0.25) is 0 Å². The van der Waals surface area contributed by atoms with Gasteiger partial charge in [0.15, 0.2) is 6.61 Å². The number of aromatic hydroxyl groups is 1. The quantitative estimate of drug-likeness (QED) is 0.643. The van der Waals surface area contributed by atoms with Crippen LogP contribution >= 0.6 is 0 Å². The fraction of sp³-hybridized carbons (Fsp3) is 0.208. The average Bonchev–Trinajstić information content (AvgIpc) is 2.83. The van der Waals surface area contributed by atoms with Crippen molar-refractivity contribution < 1.29 is 19.4 Å². The standard InChI is InChI=1S/C24H23N3O4/c28-21-10-8-19(9-11-21)18-4-6-20(7-5-18)24(30)31-17-23(29)27-15-13-26(14-16-27)22-3-1-2-12-25-22/h1-12,28H,13-17H2. The average molecular weight is 417 g/mol. The minimum Gasteiger partial charge on any atom is -0.508 e. The highest BCUT2D eigenvalue weighted by molar-refractivity contribution is 5.92. The molecule has 7 nitrogen and oxygen atoms in total. The molecular weight excluding hydrogens is 394 g/mol. The maximum Gasteiger partial charge on any atom is 0.338 e. The Morgan fingerprint density at radius 1 is 0.871 bits per heavy atom. The number of hydrogen-bond acceptors (Lipinski definition) is 6. The number of phenols is 1. The molecule has 0 unspecified atom stereocenters. The summed E-state index contributed by atoms with van der Waals surface area (Å²) in [4.78, 5) is 32.9. The molecule has 1 amide bonds. The largest absolute Gasteiger partial charge is 0.508 e. The summed E-state index contributed by atoms with van der Waals surface area (Å²) in [5, 5.41) is 9.39. The van der Waals surface area contributed by atoms with Gasteiger partial charge in [0.1, 0.15) is 11.6 Å². The number of carbonyl (C=O) groups is 2. The van der Waals surface area contributed by atoms with E-state index in [1.54, 1.807) is 47.5 Å². The lowest BCUT2D eigenvalue weighted by Crippen LogP contribution is -2.50. The molecule has 31 heavy (non-hydrogen) atoms. The Morgan fingerprint density at radius 2 is 1.52 bits per heavy atom. The number of benzene rings is 2. The van der Waals surface area contributed by atoms with Crippen LogP contribution in [0.4, 0.5) is 5.82 Å². The minimum atomic E-state index is -0.530. The van der Waals surface area contributed by atoms with Gasteiger partial charge in [0.05, 0.1) is 5.56 Å². The van der Waals surface area contributed by atoms with Gasteiger partial charge in [0, 0.05) is 32.4 Å². The van der Waals surface area contributed by atoms with E-state index < -0.39 is 5.97 Å². The van der Waals surface area contributed by atoms with E-state index in [0.29, 0.717) is 31.7 Å². The molecule has 0 saturated carbocycles. The Bertz CT molecular complexity index is 1030. The molecule has 7 heteroatoms. The molecule has 0 bridgehead atoms. The Hall–Kier alpha value is -3.87. The molecule has 1 saturated heterocycles. The van der Waals surface area contributed by atoms with Crippen molar-refractivity contribution >= 4 is 17.7 Å². The highest BCUT2D eigenvalue weighted by Crippen LogP contribution is 2.22. The highest BCUT2D eigenvalue weighted by atomic mass is 16.5. The first kappa shape index (κ1) is 20.4. The second kappa shape index (κ2) is 9.30. The zero-order valence-electron chi connectivity index (χ0n) is 17.0. The number of pyridine rings is 1. The van der Waals surface area contributed by atoms with Crippen molar-refractivity contribution in [3.05, 3.63) is 78.5 Å². The van der Waals surface area contributed by atoms with E-state index in [2.05, 4.69) is 9.88 Å². The molecule has 1 fully saturated rings. The number of anilines is 1. The van der Waals surface area contributed by atoms with Gasteiger partial charge in [0.2, 0.25) is 0 Å². The van der Waals surface area contributed by atoms with E-state index >= 15 is 0 Å². The van der Waals surface area contributed by atoms with Crippen LogP contribution in [0.15, 0.2) is 72.9 Å². The predicted molar refractivity (Wildman–Crippen MR) is 117 cm³/mol. The lowest BCUT2D eigenvalue weighted by molar-refractivity contribution is -0.134. The Balaban J connectivity index is 1.27. The van der Waals surface area contributed by atoms with E-state index in [1.807, 2.05) is 30.3 Å². The SMILES string of the molecule is O=C(OCC(=O)N1CCN(c2ccccn2)CC1)c1ccc(-c2ccc(O)cc2)cc1. The van der Waals surface area contributed by atoms with Crippen LogP contribution in [-0.2, 0) is 9.53 Å². The normalized spacial score (nSPS) is 13.7. The maximum absolute atomic E-state index is 12.4. The van der Waals surface area contributed by atoms with Crippen LogP contribution in [0.25, 0.3) is 11.1 Å². The lowest BCUT2D eigenvalue weighted by atomic mass is 10.0. The van der Waals surface area contributed by atoms with Crippen molar-refractivity contribution in [2.24, 2.45) is 0 Å². The summed E-state index contributed by atoms with van der Waals surface area (Å²) in [5.41, 5.74) is 2.23. The van der Waals surface area contributed by atoms with E-state index in [9.17, 15) is 14.7 Å². The third kappa shape index (κ3) is 5.01. The third-order valence-corrected chi connectivity index (χ3v) is 5.25. The van der Waals surface area contributed by atoms with Gasteiger partial charge in [-0.15, -0.1) is 0 Å². The molecule has 0 radical (unpaired) electrons. The fourth-order valence-electron chi connectivity index (χ4n) is 3.48. The van der Waals surface area contributed by atoms with Gasteiger partial charge in [-0.2, -0.15) is 0 Å². The van der Waals surface area contributed by atoms with Gasteiger partial charge < -0.3 is 19.6 Å². The van der Waals surface area contributed by atoms with E-state index in [1.165, 1.54) is 0 Å². The molecule has 0 atom stereocenters. The Labute approximate surface area is 180 Å². The highest BCUT2D eigenvalue weighted by Gasteiger charge is 2.22. The molecule has 0 spiro atoms. The number of rotatable bonds is 5. The van der Waals surface area contributed by atoms with E-state index in [-0.39, 0.29) is 18.3 Å². The van der Waals surface area contributed by atoms with Crippen LogP contribution in [-0.4, -0.2) is 59.7 Å². The van der Waals surface area contributed by atoms with Crippen molar-refractivity contribution in [2.75, 3.05) is 37.7 Å². The van der Waals surface area contributed by atoms with E-state index in [0.717, 1.165) is 16.9 Å². The van der Waals surface area contributed by atoms with Gasteiger partial charge in [-0.3, -0.25) is 4.79 Å². The molecule has 1 aliphatic rings. The summed E-state index contributed by atoms with van der Waals surface area (Å²) in [5.74, 6) is 0.371. The Morgan fingerprint density at radius 3 is 2.13 bits per heavy atom. The molecule has 2 heterocycles.